The molecule has 1 amide bonds. The van der Waals surface area contributed by atoms with Crippen molar-refractivity contribution >= 4 is 28.5 Å². The number of amides is 1. The Labute approximate surface area is 134 Å². The Kier molecular flexibility index (Phi) is 16.3. The highest BCUT2D eigenvalue weighted by molar-refractivity contribution is 14.1. The molecule has 116 valence electrons. The van der Waals surface area contributed by atoms with Crippen LogP contribution in [-0.2, 0) is 23.7 Å². The van der Waals surface area contributed by atoms with Gasteiger partial charge in [0.1, 0.15) is 6.61 Å². The van der Waals surface area contributed by atoms with Crippen LogP contribution in [0.4, 0.5) is 0 Å². The average molecular weight is 399 g/mol. The van der Waals surface area contributed by atoms with E-state index in [1.165, 1.54) is 0 Å². The topological polar surface area (TPSA) is 66.0 Å². The number of alkyl halides is 1. The molecule has 6 nitrogen and oxygen atoms in total. The second-order valence-corrected chi connectivity index (χ2v) is 4.34. The Hall–Kier alpha value is -0.400. The van der Waals surface area contributed by atoms with Crippen molar-refractivity contribution in [2.75, 3.05) is 63.8 Å². The molecular formula is C13H22INO5. The van der Waals surface area contributed by atoms with E-state index >= 15 is 0 Å². The maximum Gasteiger partial charge on any atom is 0.229 e. The standard InChI is InChI=1S/C13H22INO5/c1-2-4-17-6-8-19-10-11-20-9-7-18-5-3-15-13(16)12-14/h1H,3-12H2,(H,15,16). The number of ether oxygens (including phenoxy) is 4. The molecule has 1 N–H and O–H groups in total. The molecule has 0 aliphatic heterocycles. The first-order valence-electron chi connectivity index (χ1n) is 6.38. The third-order valence-corrected chi connectivity index (χ3v) is 2.68. The summed E-state index contributed by atoms with van der Waals surface area (Å²) in [6.07, 6.45) is 5.02. The van der Waals surface area contributed by atoms with Gasteiger partial charge in [0.25, 0.3) is 0 Å². The van der Waals surface area contributed by atoms with Gasteiger partial charge in [-0.1, -0.05) is 28.5 Å². The summed E-state index contributed by atoms with van der Waals surface area (Å²) in [5, 5.41) is 2.72. The summed E-state index contributed by atoms with van der Waals surface area (Å²) in [7, 11) is 0. The fraction of sp³-hybridized carbons (Fsp3) is 0.769. The van der Waals surface area contributed by atoms with Crippen LogP contribution in [0.25, 0.3) is 0 Å². The van der Waals surface area contributed by atoms with Crippen molar-refractivity contribution in [1.29, 1.82) is 0 Å². The molecule has 0 aliphatic rings. The van der Waals surface area contributed by atoms with Crippen molar-refractivity contribution in [1.82, 2.24) is 5.32 Å². The lowest BCUT2D eigenvalue weighted by Gasteiger charge is -2.07. The summed E-state index contributed by atoms with van der Waals surface area (Å²) >= 11 is 2.01. The van der Waals surface area contributed by atoms with Crippen molar-refractivity contribution in [2.24, 2.45) is 0 Å². The van der Waals surface area contributed by atoms with Crippen molar-refractivity contribution in [3.8, 4) is 12.3 Å². The molecule has 0 bridgehead atoms. The fourth-order valence-corrected chi connectivity index (χ4v) is 1.37. The number of carbonyl (C=O) groups excluding carboxylic acids is 1. The van der Waals surface area contributed by atoms with E-state index in [0.29, 0.717) is 63.8 Å². The van der Waals surface area contributed by atoms with Gasteiger partial charge in [0, 0.05) is 6.54 Å². The number of rotatable bonds is 14. The molecule has 0 saturated heterocycles. The van der Waals surface area contributed by atoms with Crippen molar-refractivity contribution in [2.45, 2.75) is 0 Å². The molecule has 0 aliphatic carbocycles. The summed E-state index contributed by atoms with van der Waals surface area (Å²) < 4.78 is 21.3. The highest BCUT2D eigenvalue weighted by Gasteiger charge is 1.96. The van der Waals surface area contributed by atoms with Crippen LogP contribution in [0, 0.1) is 12.3 Å². The lowest BCUT2D eigenvalue weighted by Crippen LogP contribution is -2.28. The minimum atomic E-state index is 0.0221. The number of carbonyl (C=O) groups is 1. The molecule has 0 aromatic rings. The zero-order valence-electron chi connectivity index (χ0n) is 11.6. The number of nitrogens with one attached hydrogen (secondary N) is 1. The van der Waals surface area contributed by atoms with Gasteiger partial charge in [-0.3, -0.25) is 4.79 Å². The minimum Gasteiger partial charge on any atom is -0.377 e. The van der Waals surface area contributed by atoms with Crippen LogP contribution in [0.2, 0.25) is 0 Å². The van der Waals surface area contributed by atoms with Gasteiger partial charge in [0.05, 0.1) is 50.7 Å². The highest BCUT2D eigenvalue weighted by Crippen LogP contribution is 1.83. The van der Waals surface area contributed by atoms with Crippen LogP contribution in [0.3, 0.4) is 0 Å². The second kappa shape index (κ2) is 16.7. The molecule has 0 aromatic heterocycles. The molecule has 20 heavy (non-hydrogen) atoms. The number of terminal acetylenes is 1. The third-order valence-electron chi connectivity index (χ3n) is 1.99. The number of halogens is 1. The van der Waals surface area contributed by atoms with Crippen molar-refractivity contribution < 1.29 is 23.7 Å². The third kappa shape index (κ3) is 15.7. The van der Waals surface area contributed by atoms with Crippen LogP contribution >= 0.6 is 22.6 Å². The van der Waals surface area contributed by atoms with Gasteiger partial charge in [0.2, 0.25) is 5.91 Å². The van der Waals surface area contributed by atoms with Gasteiger partial charge in [0.15, 0.2) is 0 Å². The number of hydrogen-bond donors (Lipinski definition) is 1. The predicted molar refractivity (Wildman–Crippen MR) is 84.0 cm³/mol. The van der Waals surface area contributed by atoms with E-state index in [4.69, 9.17) is 25.4 Å². The molecule has 0 heterocycles. The Morgan fingerprint density at radius 1 is 0.950 bits per heavy atom. The second-order valence-electron chi connectivity index (χ2n) is 3.58. The molecule has 0 saturated carbocycles. The summed E-state index contributed by atoms with van der Waals surface area (Å²) in [6.45, 7) is 4.40. The quantitative estimate of drug-likeness (QED) is 0.196. The monoisotopic (exact) mass is 399 g/mol. The zero-order valence-corrected chi connectivity index (χ0v) is 13.7. The van der Waals surface area contributed by atoms with E-state index in [2.05, 4.69) is 11.2 Å². The van der Waals surface area contributed by atoms with Crippen LogP contribution in [0.1, 0.15) is 0 Å². The molecule has 0 radical (unpaired) electrons. The Bertz CT molecular complexity index is 270. The van der Waals surface area contributed by atoms with Crippen molar-refractivity contribution in [3.63, 3.8) is 0 Å². The van der Waals surface area contributed by atoms with Gasteiger partial charge in [-0.05, 0) is 0 Å². The molecule has 0 fully saturated rings. The SMILES string of the molecule is C#CCOCCOCCOCCOCCNC(=O)CI. The van der Waals surface area contributed by atoms with Gasteiger partial charge >= 0.3 is 0 Å². The van der Waals surface area contributed by atoms with E-state index in [-0.39, 0.29) is 5.91 Å². The molecule has 0 rings (SSSR count). The lowest BCUT2D eigenvalue weighted by molar-refractivity contribution is -0.118. The normalized spacial score (nSPS) is 10.2. The van der Waals surface area contributed by atoms with Crippen LogP contribution in [0.15, 0.2) is 0 Å². The smallest absolute Gasteiger partial charge is 0.229 e. The Morgan fingerprint density at radius 2 is 1.45 bits per heavy atom. The Morgan fingerprint density at radius 3 is 1.95 bits per heavy atom. The maximum atomic E-state index is 10.9. The largest absolute Gasteiger partial charge is 0.377 e. The summed E-state index contributed by atoms with van der Waals surface area (Å²) in [6, 6.07) is 0. The van der Waals surface area contributed by atoms with Gasteiger partial charge in [-0.15, -0.1) is 6.42 Å². The molecular weight excluding hydrogens is 377 g/mol. The molecule has 0 spiro atoms. The van der Waals surface area contributed by atoms with Gasteiger partial charge < -0.3 is 24.3 Å². The van der Waals surface area contributed by atoms with E-state index in [9.17, 15) is 4.79 Å². The first-order chi connectivity index (χ1) is 9.81. The molecule has 0 unspecified atom stereocenters. The predicted octanol–water partition coefficient (Wildman–Crippen LogP) is 0.237. The van der Waals surface area contributed by atoms with Crippen molar-refractivity contribution in [3.05, 3.63) is 0 Å². The first-order valence-corrected chi connectivity index (χ1v) is 7.91. The van der Waals surface area contributed by atoms with Crippen LogP contribution < -0.4 is 5.32 Å². The van der Waals surface area contributed by atoms with E-state index < -0.39 is 0 Å². The van der Waals surface area contributed by atoms with E-state index in [1.54, 1.807) is 0 Å². The summed E-state index contributed by atoms with van der Waals surface area (Å²) in [5.74, 6) is 2.40. The van der Waals surface area contributed by atoms with Crippen LogP contribution in [-0.4, -0.2) is 69.7 Å². The Balaban J connectivity index is 2.99. The fourth-order valence-electron chi connectivity index (χ4n) is 1.10. The zero-order chi connectivity index (χ0) is 14.9. The lowest BCUT2D eigenvalue weighted by atomic mass is 10.6. The summed E-state index contributed by atoms with van der Waals surface area (Å²) in [5.41, 5.74) is 0. The molecule has 0 atom stereocenters. The molecule has 7 heteroatoms. The highest BCUT2D eigenvalue weighted by atomic mass is 127. The first kappa shape index (κ1) is 19.6. The van der Waals surface area contributed by atoms with Crippen LogP contribution in [0.5, 0.6) is 0 Å². The van der Waals surface area contributed by atoms with Gasteiger partial charge in [-0.25, -0.2) is 0 Å². The molecule has 0 aromatic carbocycles. The van der Waals surface area contributed by atoms with E-state index in [0.717, 1.165) is 0 Å². The number of hydrogen-bond acceptors (Lipinski definition) is 5. The summed E-state index contributed by atoms with van der Waals surface area (Å²) in [4.78, 5) is 10.9. The minimum absolute atomic E-state index is 0.0221. The average Bonchev–Trinajstić information content (AvgIpc) is 2.47. The van der Waals surface area contributed by atoms with E-state index in [1.807, 2.05) is 22.6 Å². The maximum absolute atomic E-state index is 10.9. The van der Waals surface area contributed by atoms with Gasteiger partial charge in [-0.2, -0.15) is 0 Å².